The Hall–Kier alpha value is -2.77. The van der Waals surface area contributed by atoms with Crippen molar-refractivity contribution in [1.82, 2.24) is 25.5 Å². The number of benzene rings is 1. The lowest BCUT2D eigenvalue weighted by Gasteiger charge is -2.20. The Kier molecular flexibility index (Phi) is 2.72. The number of carbonyl (C=O) groups is 2. The average Bonchev–Trinajstić information content (AvgIpc) is 3.20. The van der Waals surface area contributed by atoms with Crippen molar-refractivity contribution in [1.29, 1.82) is 0 Å². The number of rotatable bonds is 2. The molecule has 2 aliphatic rings. The van der Waals surface area contributed by atoms with Gasteiger partial charge in [-0.3, -0.25) is 14.9 Å². The van der Waals surface area contributed by atoms with E-state index in [0.717, 1.165) is 5.69 Å². The summed E-state index contributed by atoms with van der Waals surface area (Å²) in [4.78, 5) is 25.5. The van der Waals surface area contributed by atoms with Gasteiger partial charge in [-0.1, -0.05) is 23.3 Å². The number of imide groups is 1. The summed E-state index contributed by atoms with van der Waals surface area (Å²) in [6.07, 6.45) is 0.876. The summed E-state index contributed by atoms with van der Waals surface area (Å²) in [5.74, 6) is 0.212. The summed E-state index contributed by atoms with van der Waals surface area (Å²) in [6.45, 7) is 1.10. The van der Waals surface area contributed by atoms with Gasteiger partial charge in [0.05, 0.1) is 11.1 Å². The van der Waals surface area contributed by atoms with Crippen molar-refractivity contribution in [2.24, 2.45) is 5.41 Å². The van der Waals surface area contributed by atoms with Crippen LogP contribution in [0, 0.1) is 5.41 Å². The number of anilines is 1. The highest BCUT2D eigenvalue weighted by Gasteiger charge is 2.51. The number of hydrogen-bond acceptors (Lipinski definition) is 6. The molecular weight excluding hydrogens is 284 g/mol. The van der Waals surface area contributed by atoms with Gasteiger partial charge >= 0.3 is 0 Å². The molecule has 8 heteroatoms. The van der Waals surface area contributed by atoms with Crippen LogP contribution in [0.1, 0.15) is 12.8 Å². The Morgan fingerprint density at radius 3 is 2.73 bits per heavy atom. The van der Waals surface area contributed by atoms with E-state index in [1.807, 2.05) is 35.2 Å². The standard InChI is InChI=1S/C14H14N6O2/c21-11-8-14(12(22)15-11)6-7-19(9-14)13-16-17-18-20(13)10-4-2-1-3-5-10/h1-5H,6-9H2,(H,15,21,22). The molecule has 0 radical (unpaired) electrons. The van der Waals surface area contributed by atoms with Gasteiger partial charge < -0.3 is 4.90 Å². The van der Waals surface area contributed by atoms with Crippen LogP contribution in [0.3, 0.4) is 0 Å². The van der Waals surface area contributed by atoms with E-state index >= 15 is 0 Å². The molecule has 4 rings (SSSR count). The molecule has 2 aromatic rings. The first-order chi connectivity index (χ1) is 10.7. The summed E-state index contributed by atoms with van der Waals surface area (Å²) in [5, 5.41) is 14.3. The van der Waals surface area contributed by atoms with E-state index in [2.05, 4.69) is 20.8 Å². The van der Waals surface area contributed by atoms with Gasteiger partial charge in [0, 0.05) is 19.5 Å². The molecule has 0 aliphatic carbocycles. The molecule has 112 valence electrons. The van der Waals surface area contributed by atoms with Gasteiger partial charge in [-0.05, 0) is 29.0 Å². The predicted octanol–water partition coefficient (Wildman–Crippen LogP) is -0.0947. The molecule has 0 bridgehead atoms. The lowest BCUT2D eigenvalue weighted by Crippen LogP contribution is -2.35. The van der Waals surface area contributed by atoms with E-state index in [1.54, 1.807) is 4.68 Å². The van der Waals surface area contributed by atoms with Crippen LogP contribution >= 0.6 is 0 Å². The second kappa shape index (κ2) is 4.62. The van der Waals surface area contributed by atoms with Crippen LogP contribution in [0.25, 0.3) is 5.69 Å². The van der Waals surface area contributed by atoms with Crippen LogP contribution in [-0.4, -0.2) is 45.1 Å². The van der Waals surface area contributed by atoms with Crippen molar-refractivity contribution in [3.63, 3.8) is 0 Å². The maximum Gasteiger partial charge on any atom is 0.250 e. The van der Waals surface area contributed by atoms with Crippen molar-refractivity contribution in [3.8, 4) is 5.69 Å². The number of aromatic nitrogens is 4. The van der Waals surface area contributed by atoms with Crippen LogP contribution in [0.5, 0.6) is 0 Å². The first kappa shape index (κ1) is 12.9. The minimum Gasteiger partial charge on any atom is -0.338 e. The molecule has 2 fully saturated rings. The molecule has 2 amide bonds. The Morgan fingerprint density at radius 2 is 2.00 bits per heavy atom. The molecule has 1 spiro atoms. The van der Waals surface area contributed by atoms with Gasteiger partial charge in [-0.25, -0.2) is 0 Å². The number of carbonyl (C=O) groups excluding carboxylic acids is 2. The van der Waals surface area contributed by atoms with Crippen LogP contribution in [-0.2, 0) is 9.59 Å². The lowest BCUT2D eigenvalue weighted by molar-refractivity contribution is -0.127. The van der Waals surface area contributed by atoms with Gasteiger partial charge in [0.1, 0.15) is 0 Å². The van der Waals surface area contributed by atoms with Crippen molar-refractivity contribution >= 4 is 17.8 Å². The Morgan fingerprint density at radius 1 is 1.18 bits per heavy atom. The lowest BCUT2D eigenvalue weighted by atomic mass is 9.85. The first-order valence-corrected chi connectivity index (χ1v) is 7.11. The summed E-state index contributed by atoms with van der Waals surface area (Å²) in [6, 6.07) is 9.58. The highest BCUT2D eigenvalue weighted by Crippen LogP contribution is 2.39. The smallest absolute Gasteiger partial charge is 0.250 e. The third kappa shape index (κ3) is 1.87. The third-order valence-electron chi connectivity index (χ3n) is 4.32. The fourth-order valence-corrected chi connectivity index (χ4v) is 3.18. The number of hydrogen-bond donors (Lipinski definition) is 1. The molecule has 1 unspecified atom stereocenters. The number of para-hydroxylation sites is 1. The minimum atomic E-state index is -0.634. The fraction of sp³-hybridized carbons (Fsp3) is 0.357. The van der Waals surface area contributed by atoms with Crippen LogP contribution in [0.15, 0.2) is 30.3 Å². The Bertz CT molecular complexity index is 743. The molecule has 2 aliphatic heterocycles. The highest BCUT2D eigenvalue weighted by molar-refractivity contribution is 6.06. The molecule has 1 aromatic carbocycles. The average molecular weight is 298 g/mol. The van der Waals surface area contributed by atoms with E-state index in [0.29, 0.717) is 25.5 Å². The largest absolute Gasteiger partial charge is 0.338 e. The van der Waals surface area contributed by atoms with Crippen LogP contribution < -0.4 is 10.2 Å². The molecule has 1 aromatic heterocycles. The number of amides is 2. The molecule has 1 atom stereocenters. The maximum absolute atomic E-state index is 12.1. The molecule has 22 heavy (non-hydrogen) atoms. The number of nitrogens with zero attached hydrogens (tertiary/aromatic N) is 5. The molecule has 1 N–H and O–H groups in total. The third-order valence-corrected chi connectivity index (χ3v) is 4.32. The van der Waals surface area contributed by atoms with Gasteiger partial charge in [0.25, 0.3) is 0 Å². The molecule has 8 nitrogen and oxygen atoms in total. The summed E-state index contributed by atoms with van der Waals surface area (Å²) in [7, 11) is 0. The second-order valence-electron chi connectivity index (χ2n) is 5.73. The zero-order valence-electron chi connectivity index (χ0n) is 11.8. The topological polar surface area (TPSA) is 93.0 Å². The first-order valence-electron chi connectivity index (χ1n) is 7.11. The predicted molar refractivity (Wildman–Crippen MR) is 76.2 cm³/mol. The quantitative estimate of drug-likeness (QED) is 0.779. The highest BCUT2D eigenvalue weighted by atomic mass is 16.2. The van der Waals surface area contributed by atoms with Gasteiger partial charge in [0.15, 0.2) is 0 Å². The van der Waals surface area contributed by atoms with E-state index in [4.69, 9.17) is 0 Å². The molecule has 2 saturated heterocycles. The van der Waals surface area contributed by atoms with Gasteiger partial charge in [-0.15, -0.1) is 0 Å². The number of tetrazole rings is 1. The summed E-state index contributed by atoms with van der Waals surface area (Å²) in [5.41, 5.74) is 0.222. The second-order valence-corrected chi connectivity index (χ2v) is 5.73. The minimum absolute atomic E-state index is 0.182. The van der Waals surface area contributed by atoms with E-state index in [1.165, 1.54) is 0 Å². The van der Waals surface area contributed by atoms with E-state index in [9.17, 15) is 9.59 Å². The maximum atomic E-state index is 12.1. The molecule has 0 saturated carbocycles. The summed E-state index contributed by atoms with van der Waals surface area (Å²) < 4.78 is 1.65. The zero-order chi connectivity index (χ0) is 15.2. The van der Waals surface area contributed by atoms with Crippen molar-refractivity contribution in [2.75, 3.05) is 18.0 Å². The van der Waals surface area contributed by atoms with Gasteiger partial charge in [0.2, 0.25) is 17.8 Å². The number of nitrogens with one attached hydrogen (secondary N) is 1. The van der Waals surface area contributed by atoms with Crippen LogP contribution in [0.4, 0.5) is 5.95 Å². The SMILES string of the molecule is O=C1CC2(CCN(c3nnnn3-c3ccccc3)C2)C(=O)N1. The molecular formula is C14H14N6O2. The Balaban J connectivity index is 1.64. The zero-order valence-corrected chi connectivity index (χ0v) is 11.8. The van der Waals surface area contributed by atoms with Crippen LogP contribution in [0.2, 0.25) is 0 Å². The normalized spacial score (nSPS) is 24.3. The van der Waals surface area contributed by atoms with Gasteiger partial charge in [-0.2, -0.15) is 4.68 Å². The molecule has 3 heterocycles. The summed E-state index contributed by atoms with van der Waals surface area (Å²) >= 11 is 0. The van der Waals surface area contributed by atoms with E-state index in [-0.39, 0.29) is 18.2 Å². The van der Waals surface area contributed by atoms with Crippen molar-refractivity contribution in [3.05, 3.63) is 30.3 Å². The monoisotopic (exact) mass is 298 g/mol. The fourth-order valence-electron chi connectivity index (χ4n) is 3.18. The van der Waals surface area contributed by atoms with Crippen molar-refractivity contribution < 1.29 is 9.59 Å². The van der Waals surface area contributed by atoms with Crippen molar-refractivity contribution in [2.45, 2.75) is 12.8 Å². The van der Waals surface area contributed by atoms with E-state index < -0.39 is 5.41 Å². The Labute approximate surface area is 126 Å².